The summed E-state index contributed by atoms with van der Waals surface area (Å²) in [7, 11) is 4.12. The van der Waals surface area contributed by atoms with Gasteiger partial charge in [-0.15, -0.1) is 0 Å². The second kappa shape index (κ2) is 4.74. The smallest absolute Gasteiger partial charge is 0.182 e. The van der Waals surface area contributed by atoms with E-state index in [9.17, 15) is 4.79 Å². The molecule has 20 heavy (non-hydrogen) atoms. The molecule has 3 nitrogen and oxygen atoms in total. The van der Waals surface area contributed by atoms with Crippen LogP contribution in [0.4, 0.5) is 0 Å². The Kier molecular flexibility index (Phi) is 3.17. The number of hydrogen-bond donors (Lipinski definition) is 0. The summed E-state index contributed by atoms with van der Waals surface area (Å²) in [5, 5.41) is 1.11. The summed E-state index contributed by atoms with van der Waals surface area (Å²) in [6.45, 7) is 5.21. The number of carbonyl (C=O) groups is 1. The van der Waals surface area contributed by atoms with E-state index in [1.165, 1.54) is 0 Å². The number of para-hydroxylation sites is 1. The zero-order valence-electron chi connectivity index (χ0n) is 12.7. The number of hydrogen-bond acceptors (Lipinski definition) is 2. The molecule has 1 aliphatic rings. The molecule has 3 heteroatoms. The molecule has 0 saturated heterocycles. The Labute approximate surface area is 120 Å². The highest BCUT2D eigenvalue weighted by molar-refractivity contribution is 6.12. The van der Waals surface area contributed by atoms with E-state index in [0.29, 0.717) is 11.7 Å². The van der Waals surface area contributed by atoms with Crippen LogP contribution in [-0.2, 0) is 13.6 Å². The third-order valence-electron chi connectivity index (χ3n) is 4.40. The minimum Gasteiger partial charge on any atom is -0.346 e. The highest BCUT2D eigenvalue weighted by Crippen LogP contribution is 2.33. The van der Waals surface area contributed by atoms with Crippen molar-refractivity contribution in [2.75, 3.05) is 7.05 Å². The van der Waals surface area contributed by atoms with Crippen LogP contribution in [0.15, 0.2) is 24.3 Å². The zero-order valence-corrected chi connectivity index (χ0v) is 12.7. The van der Waals surface area contributed by atoms with Crippen LogP contribution in [-0.4, -0.2) is 28.3 Å². The van der Waals surface area contributed by atoms with Crippen LogP contribution < -0.4 is 0 Å². The van der Waals surface area contributed by atoms with Crippen molar-refractivity contribution in [2.24, 2.45) is 13.0 Å². The number of likely N-dealkylation sites (N-methyl/N-ethyl adjacent to an activating group) is 1. The second-order valence-electron chi connectivity index (χ2n) is 6.32. The highest BCUT2D eigenvalue weighted by atomic mass is 16.1. The largest absolute Gasteiger partial charge is 0.346 e. The molecule has 0 unspecified atom stereocenters. The topological polar surface area (TPSA) is 25.2 Å². The molecule has 1 aromatic heterocycles. The highest BCUT2D eigenvalue weighted by Gasteiger charge is 2.35. The fraction of sp³-hybridized carbons (Fsp3) is 0.471. The summed E-state index contributed by atoms with van der Waals surface area (Å²) < 4.78 is 2.17. The Hall–Kier alpha value is -1.61. The van der Waals surface area contributed by atoms with Crippen molar-refractivity contribution in [3.63, 3.8) is 0 Å². The van der Waals surface area contributed by atoms with Crippen LogP contribution in [0.25, 0.3) is 10.9 Å². The van der Waals surface area contributed by atoms with Crippen molar-refractivity contribution in [3.8, 4) is 0 Å². The van der Waals surface area contributed by atoms with Gasteiger partial charge in [-0.25, -0.2) is 0 Å². The van der Waals surface area contributed by atoms with Crippen LogP contribution in [0, 0.1) is 5.92 Å². The molecule has 0 radical (unpaired) electrons. The molecule has 2 heterocycles. The normalized spacial score (nSPS) is 19.9. The average Bonchev–Trinajstić information content (AvgIpc) is 2.68. The summed E-state index contributed by atoms with van der Waals surface area (Å²) in [6, 6.07) is 8.25. The summed E-state index contributed by atoms with van der Waals surface area (Å²) in [5.41, 5.74) is 3.26. The van der Waals surface area contributed by atoms with Crippen LogP contribution in [0.1, 0.15) is 36.3 Å². The molecular weight excluding hydrogens is 248 g/mol. The fourth-order valence-electron chi connectivity index (χ4n) is 3.35. The fourth-order valence-corrected chi connectivity index (χ4v) is 3.35. The SMILES string of the molecule is CC(C)C[C@H]1C(=O)c2c(n(C)c3ccccc23)CN1C. The molecular formula is C17H22N2O. The molecule has 3 rings (SSSR count). The molecule has 106 valence electrons. The molecule has 0 saturated carbocycles. The van der Waals surface area contributed by atoms with E-state index < -0.39 is 0 Å². The van der Waals surface area contributed by atoms with Gasteiger partial charge in [0.1, 0.15) is 0 Å². The molecule has 0 amide bonds. The summed E-state index contributed by atoms with van der Waals surface area (Å²) in [4.78, 5) is 15.1. The van der Waals surface area contributed by atoms with Crippen molar-refractivity contribution in [1.29, 1.82) is 0 Å². The molecule has 0 bridgehead atoms. The first-order valence-electron chi connectivity index (χ1n) is 7.31. The van der Waals surface area contributed by atoms with E-state index in [1.807, 2.05) is 12.1 Å². The van der Waals surface area contributed by atoms with Gasteiger partial charge in [0.05, 0.1) is 6.04 Å². The lowest BCUT2D eigenvalue weighted by Crippen LogP contribution is -2.43. The van der Waals surface area contributed by atoms with E-state index in [0.717, 1.165) is 35.1 Å². The van der Waals surface area contributed by atoms with Crippen LogP contribution in [0.3, 0.4) is 0 Å². The van der Waals surface area contributed by atoms with E-state index in [2.05, 4.69) is 49.5 Å². The van der Waals surface area contributed by atoms with Gasteiger partial charge in [0.2, 0.25) is 0 Å². The Morgan fingerprint density at radius 3 is 2.65 bits per heavy atom. The van der Waals surface area contributed by atoms with Gasteiger partial charge in [-0.3, -0.25) is 9.69 Å². The first-order chi connectivity index (χ1) is 9.50. The van der Waals surface area contributed by atoms with Crippen LogP contribution in [0.5, 0.6) is 0 Å². The second-order valence-corrected chi connectivity index (χ2v) is 6.32. The maximum Gasteiger partial charge on any atom is 0.182 e. The lowest BCUT2D eigenvalue weighted by molar-refractivity contribution is 0.0780. The number of benzene rings is 1. The average molecular weight is 270 g/mol. The molecule has 2 aromatic rings. The number of Topliss-reactive ketones (excluding diaryl/α,β-unsaturated/α-hetero) is 1. The van der Waals surface area contributed by atoms with Crippen molar-refractivity contribution in [1.82, 2.24) is 9.47 Å². The Morgan fingerprint density at radius 2 is 1.95 bits per heavy atom. The van der Waals surface area contributed by atoms with Gasteiger partial charge >= 0.3 is 0 Å². The number of ketones is 1. The summed E-state index contributed by atoms with van der Waals surface area (Å²) in [5.74, 6) is 0.821. The number of aryl methyl sites for hydroxylation is 1. The summed E-state index contributed by atoms with van der Waals surface area (Å²) in [6.07, 6.45) is 0.929. The predicted molar refractivity (Wildman–Crippen MR) is 82.0 cm³/mol. The van der Waals surface area contributed by atoms with Gasteiger partial charge in [-0.2, -0.15) is 0 Å². The molecule has 0 spiro atoms. The van der Waals surface area contributed by atoms with Gasteiger partial charge < -0.3 is 4.57 Å². The molecule has 0 aliphatic carbocycles. The quantitative estimate of drug-likeness (QED) is 0.837. The van der Waals surface area contributed by atoms with Gasteiger partial charge in [0.25, 0.3) is 0 Å². The maximum absolute atomic E-state index is 12.9. The van der Waals surface area contributed by atoms with Crippen molar-refractivity contribution in [2.45, 2.75) is 32.9 Å². The van der Waals surface area contributed by atoms with E-state index >= 15 is 0 Å². The Balaban J connectivity index is 2.17. The maximum atomic E-state index is 12.9. The van der Waals surface area contributed by atoms with Gasteiger partial charge in [-0.05, 0) is 25.5 Å². The summed E-state index contributed by atoms with van der Waals surface area (Å²) >= 11 is 0. The van der Waals surface area contributed by atoms with E-state index in [4.69, 9.17) is 0 Å². The van der Waals surface area contributed by atoms with Crippen LogP contribution >= 0.6 is 0 Å². The molecule has 1 aromatic carbocycles. The predicted octanol–water partition coefficient (Wildman–Crippen LogP) is 3.22. The molecule has 1 aliphatic heterocycles. The van der Waals surface area contributed by atoms with E-state index in [-0.39, 0.29) is 6.04 Å². The molecule has 0 fully saturated rings. The third-order valence-corrected chi connectivity index (χ3v) is 4.40. The number of fused-ring (bicyclic) bond motifs is 3. The number of nitrogens with zero attached hydrogens (tertiary/aromatic N) is 2. The Morgan fingerprint density at radius 1 is 1.25 bits per heavy atom. The number of rotatable bonds is 2. The van der Waals surface area contributed by atoms with Crippen molar-refractivity contribution in [3.05, 3.63) is 35.5 Å². The van der Waals surface area contributed by atoms with E-state index in [1.54, 1.807) is 0 Å². The van der Waals surface area contributed by atoms with Crippen molar-refractivity contribution < 1.29 is 4.79 Å². The van der Waals surface area contributed by atoms with Gasteiger partial charge in [0, 0.05) is 35.8 Å². The number of carbonyl (C=O) groups excluding carboxylic acids is 1. The first-order valence-corrected chi connectivity index (χ1v) is 7.31. The third kappa shape index (κ3) is 1.88. The van der Waals surface area contributed by atoms with Gasteiger partial charge in [-0.1, -0.05) is 32.0 Å². The first kappa shape index (κ1) is 13.4. The number of aromatic nitrogens is 1. The molecule has 0 N–H and O–H groups in total. The zero-order chi connectivity index (χ0) is 14.4. The molecule has 1 atom stereocenters. The van der Waals surface area contributed by atoms with Gasteiger partial charge in [0.15, 0.2) is 5.78 Å². The van der Waals surface area contributed by atoms with Crippen molar-refractivity contribution >= 4 is 16.7 Å². The minimum atomic E-state index is 0.0216. The minimum absolute atomic E-state index is 0.0216. The lowest BCUT2D eigenvalue weighted by atomic mass is 9.90. The monoisotopic (exact) mass is 270 g/mol. The standard InChI is InChI=1S/C17H22N2O/c1-11(2)9-14-17(20)16-12-7-5-6-8-13(12)19(4)15(16)10-18(14)3/h5-8,11,14H,9-10H2,1-4H3/t14-/m0/s1. The Bertz CT molecular complexity index is 669. The van der Waals surface area contributed by atoms with Crippen LogP contribution in [0.2, 0.25) is 0 Å². The lowest BCUT2D eigenvalue weighted by Gasteiger charge is -2.33.